The molecule has 0 unspecified atom stereocenters. The van der Waals surface area contributed by atoms with Crippen molar-refractivity contribution < 1.29 is 9.53 Å². The van der Waals surface area contributed by atoms with E-state index >= 15 is 0 Å². The molecule has 4 nitrogen and oxygen atoms in total. The van der Waals surface area contributed by atoms with Crippen molar-refractivity contribution in [1.82, 2.24) is 9.80 Å². The first-order valence-electron chi connectivity index (χ1n) is 6.50. The molecule has 1 rings (SSSR count). The molecule has 1 aromatic rings. The lowest BCUT2D eigenvalue weighted by Crippen LogP contribution is -2.38. The minimum absolute atomic E-state index is 0.0323. The maximum absolute atomic E-state index is 12.0. The summed E-state index contributed by atoms with van der Waals surface area (Å²) < 4.78 is 4.94. The predicted molar refractivity (Wildman–Crippen MR) is 77.0 cm³/mol. The Morgan fingerprint density at radius 3 is 2.32 bits per heavy atom. The molecule has 0 aliphatic rings. The first-order chi connectivity index (χ1) is 9.02. The molecule has 19 heavy (non-hydrogen) atoms. The number of benzene rings is 1. The number of hydrogen-bond acceptors (Lipinski definition) is 3. The Morgan fingerprint density at radius 1 is 1.16 bits per heavy atom. The van der Waals surface area contributed by atoms with Crippen LogP contribution in [0.5, 0.6) is 0 Å². The van der Waals surface area contributed by atoms with E-state index in [1.807, 2.05) is 19.0 Å². The summed E-state index contributed by atoms with van der Waals surface area (Å²) in [5.41, 5.74) is 2.38. The molecule has 4 heteroatoms. The number of hydrogen-bond donors (Lipinski definition) is 0. The predicted octanol–water partition coefficient (Wildman–Crippen LogP) is 1.53. The maximum Gasteiger partial charge on any atom is 0.248 e. The van der Waals surface area contributed by atoms with Gasteiger partial charge in [-0.2, -0.15) is 0 Å². The Kier molecular flexibility index (Phi) is 6.53. The lowest BCUT2D eigenvalue weighted by molar-refractivity contribution is -0.135. The van der Waals surface area contributed by atoms with Gasteiger partial charge in [0.1, 0.15) is 6.61 Å². The van der Waals surface area contributed by atoms with Crippen molar-refractivity contribution in [3.8, 4) is 0 Å². The number of rotatable bonds is 7. The highest BCUT2D eigenvalue weighted by Gasteiger charge is 2.13. The third kappa shape index (κ3) is 5.85. The topological polar surface area (TPSA) is 32.8 Å². The highest BCUT2D eigenvalue weighted by molar-refractivity contribution is 5.77. The van der Waals surface area contributed by atoms with Crippen LogP contribution in [0.25, 0.3) is 0 Å². The van der Waals surface area contributed by atoms with Crippen LogP contribution < -0.4 is 0 Å². The fraction of sp³-hybridized carbons (Fsp3) is 0.533. The van der Waals surface area contributed by atoms with E-state index in [1.165, 1.54) is 5.56 Å². The van der Waals surface area contributed by atoms with Crippen LogP contribution in [0.2, 0.25) is 0 Å². The second-order valence-electron chi connectivity index (χ2n) is 5.04. The highest BCUT2D eigenvalue weighted by Crippen LogP contribution is 2.07. The molecule has 0 N–H and O–H groups in total. The Labute approximate surface area is 116 Å². The zero-order chi connectivity index (χ0) is 14.3. The van der Waals surface area contributed by atoms with Gasteiger partial charge in [-0.05, 0) is 26.6 Å². The number of aryl methyl sites for hydroxylation is 1. The average molecular weight is 264 g/mol. The van der Waals surface area contributed by atoms with Crippen LogP contribution in [0.1, 0.15) is 11.1 Å². The standard InChI is InChI=1S/C15H24N2O2/c1-13-5-7-14(8-6-13)11-17(10-9-16(2)3)15(18)12-19-4/h5-8H,9-12H2,1-4H3. The van der Waals surface area contributed by atoms with E-state index in [-0.39, 0.29) is 12.5 Å². The van der Waals surface area contributed by atoms with Crippen molar-refractivity contribution in [2.24, 2.45) is 0 Å². The van der Waals surface area contributed by atoms with E-state index in [1.54, 1.807) is 7.11 Å². The van der Waals surface area contributed by atoms with Crippen molar-refractivity contribution >= 4 is 5.91 Å². The minimum atomic E-state index is 0.0323. The summed E-state index contributed by atoms with van der Waals surface area (Å²) >= 11 is 0. The van der Waals surface area contributed by atoms with Crippen molar-refractivity contribution in [2.45, 2.75) is 13.5 Å². The molecule has 0 radical (unpaired) electrons. The van der Waals surface area contributed by atoms with Crippen LogP contribution in [-0.4, -0.2) is 56.6 Å². The van der Waals surface area contributed by atoms with Gasteiger partial charge in [0, 0.05) is 26.7 Å². The van der Waals surface area contributed by atoms with Gasteiger partial charge in [0.2, 0.25) is 5.91 Å². The molecule has 0 fully saturated rings. The van der Waals surface area contributed by atoms with Crippen LogP contribution >= 0.6 is 0 Å². The monoisotopic (exact) mass is 264 g/mol. The largest absolute Gasteiger partial charge is 0.375 e. The SMILES string of the molecule is COCC(=O)N(CCN(C)C)Cc1ccc(C)cc1. The second kappa shape index (κ2) is 7.92. The van der Waals surface area contributed by atoms with Crippen molar-refractivity contribution in [3.05, 3.63) is 35.4 Å². The number of nitrogens with zero attached hydrogens (tertiary/aromatic N) is 2. The molecule has 106 valence electrons. The molecule has 0 heterocycles. The fourth-order valence-corrected chi connectivity index (χ4v) is 1.74. The van der Waals surface area contributed by atoms with Gasteiger partial charge in [0.05, 0.1) is 0 Å². The van der Waals surface area contributed by atoms with E-state index in [2.05, 4.69) is 36.1 Å². The Morgan fingerprint density at radius 2 is 1.79 bits per heavy atom. The van der Waals surface area contributed by atoms with Crippen molar-refractivity contribution in [1.29, 1.82) is 0 Å². The number of ether oxygens (including phenoxy) is 1. The van der Waals surface area contributed by atoms with E-state index in [4.69, 9.17) is 4.74 Å². The lowest BCUT2D eigenvalue weighted by atomic mass is 10.1. The maximum atomic E-state index is 12.0. The van der Waals surface area contributed by atoms with Gasteiger partial charge in [-0.3, -0.25) is 4.79 Å². The van der Waals surface area contributed by atoms with Crippen LogP contribution in [-0.2, 0) is 16.1 Å². The molecular formula is C15H24N2O2. The summed E-state index contributed by atoms with van der Waals surface area (Å²) in [7, 11) is 5.56. The molecular weight excluding hydrogens is 240 g/mol. The average Bonchev–Trinajstić information content (AvgIpc) is 2.36. The molecule has 0 aliphatic carbocycles. The number of carbonyl (C=O) groups is 1. The zero-order valence-corrected chi connectivity index (χ0v) is 12.3. The smallest absolute Gasteiger partial charge is 0.248 e. The molecule has 0 spiro atoms. The Bertz CT molecular complexity index is 388. The summed E-state index contributed by atoms with van der Waals surface area (Å²) in [6.07, 6.45) is 0. The van der Waals surface area contributed by atoms with Gasteiger partial charge >= 0.3 is 0 Å². The van der Waals surface area contributed by atoms with Gasteiger partial charge in [0.25, 0.3) is 0 Å². The van der Waals surface area contributed by atoms with E-state index in [0.29, 0.717) is 13.1 Å². The number of likely N-dealkylation sites (N-methyl/N-ethyl adjacent to an activating group) is 1. The van der Waals surface area contributed by atoms with Crippen molar-refractivity contribution in [2.75, 3.05) is 40.9 Å². The molecule has 0 aromatic heterocycles. The van der Waals surface area contributed by atoms with Gasteiger partial charge in [0.15, 0.2) is 0 Å². The Hall–Kier alpha value is -1.39. The lowest BCUT2D eigenvalue weighted by Gasteiger charge is -2.24. The molecule has 1 amide bonds. The first kappa shape index (κ1) is 15.7. The van der Waals surface area contributed by atoms with E-state index in [9.17, 15) is 4.79 Å². The number of methoxy groups -OCH3 is 1. The summed E-state index contributed by atoms with van der Waals surface area (Å²) in [5, 5.41) is 0. The van der Waals surface area contributed by atoms with Crippen LogP contribution in [0, 0.1) is 6.92 Å². The van der Waals surface area contributed by atoms with Gasteiger partial charge in [-0.25, -0.2) is 0 Å². The molecule has 0 atom stereocenters. The van der Waals surface area contributed by atoms with Gasteiger partial charge in [-0.15, -0.1) is 0 Å². The molecule has 0 bridgehead atoms. The Balaban J connectivity index is 2.66. The summed E-state index contributed by atoms with van der Waals surface area (Å²) in [4.78, 5) is 15.9. The van der Waals surface area contributed by atoms with Crippen molar-refractivity contribution in [3.63, 3.8) is 0 Å². The zero-order valence-electron chi connectivity index (χ0n) is 12.3. The summed E-state index contributed by atoms with van der Waals surface area (Å²) in [6.45, 7) is 4.39. The molecule has 0 saturated heterocycles. The second-order valence-corrected chi connectivity index (χ2v) is 5.04. The van der Waals surface area contributed by atoms with Gasteiger partial charge in [-0.1, -0.05) is 29.8 Å². The van der Waals surface area contributed by atoms with Crippen LogP contribution in [0.4, 0.5) is 0 Å². The van der Waals surface area contributed by atoms with E-state index < -0.39 is 0 Å². The quantitative estimate of drug-likeness (QED) is 0.749. The third-order valence-corrected chi connectivity index (χ3v) is 2.93. The highest BCUT2D eigenvalue weighted by atomic mass is 16.5. The normalized spacial score (nSPS) is 10.8. The van der Waals surface area contributed by atoms with Crippen LogP contribution in [0.15, 0.2) is 24.3 Å². The molecule has 1 aromatic carbocycles. The van der Waals surface area contributed by atoms with Crippen LogP contribution in [0.3, 0.4) is 0 Å². The summed E-state index contributed by atoms with van der Waals surface area (Å²) in [6, 6.07) is 8.27. The van der Waals surface area contributed by atoms with E-state index in [0.717, 1.165) is 12.1 Å². The molecule has 0 saturated carbocycles. The first-order valence-corrected chi connectivity index (χ1v) is 6.50. The summed E-state index contributed by atoms with van der Waals surface area (Å²) in [5.74, 6) is 0.0323. The molecule has 0 aliphatic heterocycles. The number of carbonyl (C=O) groups excluding carboxylic acids is 1. The number of amides is 1. The van der Waals surface area contributed by atoms with Gasteiger partial charge < -0.3 is 14.5 Å². The minimum Gasteiger partial charge on any atom is -0.375 e. The fourth-order valence-electron chi connectivity index (χ4n) is 1.74. The third-order valence-electron chi connectivity index (χ3n) is 2.93.